The topological polar surface area (TPSA) is 100 Å². The third-order valence-corrected chi connectivity index (χ3v) is 2.49. The van der Waals surface area contributed by atoms with E-state index in [1.807, 2.05) is 0 Å². The first-order chi connectivity index (χ1) is 7.33. The molecule has 0 aliphatic heterocycles. The van der Waals surface area contributed by atoms with Gasteiger partial charge in [0.2, 0.25) is 5.91 Å². The van der Waals surface area contributed by atoms with Crippen molar-refractivity contribution in [1.82, 2.24) is 0 Å². The third-order valence-electron chi connectivity index (χ3n) is 1.70. The fourth-order valence-electron chi connectivity index (χ4n) is 0.882. The number of amides is 1. The summed E-state index contributed by atoms with van der Waals surface area (Å²) in [5, 5.41) is 0. The van der Waals surface area contributed by atoms with Gasteiger partial charge in [-0.25, -0.2) is 8.42 Å². The summed E-state index contributed by atoms with van der Waals surface area (Å²) in [6.07, 6.45) is 5.72. The van der Waals surface area contributed by atoms with E-state index < -0.39 is 16.0 Å². The zero-order chi connectivity index (χ0) is 13.0. The van der Waals surface area contributed by atoms with Crippen molar-refractivity contribution in [2.45, 2.75) is 39.0 Å². The molecule has 0 heterocycles. The Labute approximate surface area is 126 Å². The van der Waals surface area contributed by atoms with Crippen LogP contribution < -0.4 is 35.3 Å². The van der Waals surface area contributed by atoms with E-state index in [4.69, 9.17) is 0 Å². The maximum absolute atomic E-state index is 10.1. The minimum absolute atomic E-state index is 0. The van der Waals surface area contributed by atoms with Gasteiger partial charge in [0.1, 0.15) is 0 Å². The van der Waals surface area contributed by atoms with Gasteiger partial charge in [-0.2, -0.15) is 0 Å². The maximum Gasteiger partial charge on any atom is 1.00 e. The Balaban J connectivity index is -0.000000280. The molecule has 0 aliphatic rings. The molecule has 0 radical (unpaired) electrons. The van der Waals surface area contributed by atoms with Crippen LogP contribution in [0.3, 0.4) is 0 Å². The molecule has 0 aliphatic carbocycles. The molecule has 0 aromatic heterocycles. The van der Waals surface area contributed by atoms with E-state index in [0.29, 0.717) is 6.42 Å². The quantitative estimate of drug-likeness (QED) is 0.255. The molecular weight excluding hydrogens is 253 g/mol. The van der Waals surface area contributed by atoms with Crippen LogP contribution in [0.25, 0.3) is 0 Å². The van der Waals surface area contributed by atoms with Crippen molar-refractivity contribution < 1.29 is 47.3 Å². The molecule has 7 heteroatoms. The molecule has 0 aromatic rings. The van der Waals surface area contributed by atoms with Crippen molar-refractivity contribution in [1.29, 1.82) is 0 Å². The molecule has 0 unspecified atom stereocenters. The number of primary amides is 1. The Hall–Kier alpha value is 0.120. The van der Waals surface area contributed by atoms with Crippen LogP contribution in [0, 0.1) is 0 Å². The zero-order valence-electron chi connectivity index (χ0n) is 10.6. The van der Waals surface area contributed by atoms with Crippen molar-refractivity contribution in [2.24, 2.45) is 5.73 Å². The Morgan fingerprint density at radius 2 is 1.71 bits per heavy atom. The summed E-state index contributed by atoms with van der Waals surface area (Å²) in [6.45, 7) is 5.17. The average Bonchev–Trinajstić information content (AvgIpc) is 2.17. The SMILES string of the molecule is C=CC(N)=O.CCCCCCCS(=O)(=O)[O-].[Na+]. The van der Waals surface area contributed by atoms with Gasteiger partial charge in [0, 0.05) is 5.75 Å². The predicted molar refractivity (Wildman–Crippen MR) is 62.7 cm³/mol. The zero-order valence-corrected chi connectivity index (χ0v) is 13.5. The van der Waals surface area contributed by atoms with Gasteiger partial charge in [-0.3, -0.25) is 4.79 Å². The Morgan fingerprint density at radius 1 is 1.29 bits per heavy atom. The summed E-state index contributed by atoms with van der Waals surface area (Å²) in [5.41, 5.74) is 4.53. The van der Waals surface area contributed by atoms with Crippen LogP contribution in [0.4, 0.5) is 0 Å². The van der Waals surface area contributed by atoms with Gasteiger partial charge in [0.25, 0.3) is 0 Å². The van der Waals surface area contributed by atoms with Crippen molar-refractivity contribution in [3.05, 3.63) is 12.7 Å². The first kappa shape index (κ1) is 22.3. The molecular formula is C10H20NNaO4S. The Bertz CT molecular complexity index is 291. The largest absolute Gasteiger partial charge is 1.00 e. The molecule has 5 nitrogen and oxygen atoms in total. The molecule has 0 spiro atoms. The molecule has 96 valence electrons. The first-order valence-corrected chi connectivity index (χ1v) is 6.76. The van der Waals surface area contributed by atoms with E-state index in [1.54, 1.807) is 0 Å². The van der Waals surface area contributed by atoms with Gasteiger partial charge >= 0.3 is 29.6 Å². The Kier molecular flexibility index (Phi) is 18.6. The smallest absolute Gasteiger partial charge is 0.748 e. The monoisotopic (exact) mass is 273 g/mol. The standard InChI is InChI=1S/C7H16O3S.C3H5NO.Na/c1-2-3-4-5-6-7-11(8,9)10;1-2-3(4)5;/h2-7H2,1H3,(H,8,9,10);2H,1H2,(H2,4,5);/q;;+1/p-1. The number of rotatable bonds is 7. The summed E-state index contributed by atoms with van der Waals surface area (Å²) in [5.74, 6) is -0.679. The number of carbonyl (C=O) groups excluding carboxylic acids is 1. The summed E-state index contributed by atoms with van der Waals surface area (Å²) >= 11 is 0. The second kappa shape index (κ2) is 14.2. The third kappa shape index (κ3) is 31.4. The number of carbonyl (C=O) groups is 1. The summed E-state index contributed by atoms with van der Waals surface area (Å²) in [4.78, 5) is 9.47. The Morgan fingerprint density at radius 3 is 2.00 bits per heavy atom. The van der Waals surface area contributed by atoms with Crippen LogP contribution in [0.2, 0.25) is 0 Å². The molecule has 0 atom stereocenters. The predicted octanol–water partition coefficient (Wildman–Crippen LogP) is -1.84. The number of hydrogen-bond donors (Lipinski definition) is 1. The van der Waals surface area contributed by atoms with Crippen LogP contribution in [-0.4, -0.2) is 24.6 Å². The van der Waals surface area contributed by atoms with E-state index >= 15 is 0 Å². The van der Waals surface area contributed by atoms with E-state index in [-0.39, 0.29) is 35.3 Å². The molecule has 0 fully saturated rings. The fraction of sp³-hybridized carbons (Fsp3) is 0.700. The maximum atomic E-state index is 10.1. The van der Waals surface area contributed by atoms with Crippen LogP contribution in [0.15, 0.2) is 12.7 Å². The minimum atomic E-state index is -3.96. The summed E-state index contributed by atoms with van der Waals surface area (Å²) < 4.78 is 30.3. The van der Waals surface area contributed by atoms with E-state index in [0.717, 1.165) is 31.8 Å². The minimum Gasteiger partial charge on any atom is -0.748 e. The molecule has 0 saturated heterocycles. The molecule has 0 saturated carbocycles. The van der Waals surface area contributed by atoms with Crippen LogP contribution in [0.5, 0.6) is 0 Å². The van der Waals surface area contributed by atoms with Crippen molar-refractivity contribution in [2.75, 3.05) is 5.75 Å². The molecule has 0 rings (SSSR count). The van der Waals surface area contributed by atoms with Crippen LogP contribution >= 0.6 is 0 Å². The second-order valence-electron chi connectivity index (χ2n) is 3.28. The van der Waals surface area contributed by atoms with Crippen molar-refractivity contribution in [3.8, 4) is 0 Å². The fourth-order valence-corrected chi connectivity index (χ4v) is 1.44. The van der Waals surface area contributed by atoms with Gasteiger partial charge in [0.15, 0.2) is 0 Å². The summed E-state index contributed by atoms with van der Waals surface area (Å²) in [7, 11) is -3.96. The molecule has 0 aromatic carbocycles. The molecule has 17 heavy (non-hydrogen) atoms. The van der Waals surface area contributed by atoms with Gasteiger partial charge in [0.05, 0.1) is 10.1 Å². The van der Waals surface area contributed by atoms with Gasteiger partial charge < -0.3 is 10.3 Å². The number of nitrogens with two attached hydrogens (primary N) is 1. The van der Waals surface area contributed by atoms with Gasteiger partial charge in [-0.15, -0.1) is 0 Å². The molecule has 0 bridgehead atoms. The second-order valence-corrected chi connectivity index (χ2v) is 4.81. The van der Waals surface area contributed by atoms with Crippen molar-refractivity contribution in [3.63, 3.8) is 0 Å². The van der Waals surface area contributed by atoms with Crippen LogP contribution in [0.1, 0.15) is 39.0 Å². The van der Waals surface area contributed by atoms with E-state index in [2.05, 4.69) is 19.2 Å². The van der Waals surface area contributed by atoms with Crippen LogP contribution in [-0.2, 0) is 14.9 Å². The normalized spacial score (nSPS) is 9.53. The summed E-state index contributed by atoms with van der Waals surface area (Å²) in [6, 6.07) is 0. The van der Waals surface area contributed by atoms with Gasteiger partial charge in [-0.05, 0) is 12.5 Å². The molecule has 2 N–H and O–H groups in total. The van der Waals surface area contributed by atoms with Gasteiger partial charge in [-0.1, -0.05) is 39.2 Å². The van der Waals surface area contributed by atoms with E-state index in [1.165, 1.54) is 0 Å². The number of unbranched alkanes of at least 4 members (excludes halogenated alkanes) is 4. The van der Waals surface area contributed by atoms with E-state index in [9.17, 15) is 17.8 Å². The number of hydrogen-bond acceptors (Lipinski definition) is 4. The molecule has 1 amide bonds. The average molecular weight is 273 g/mol. The first-order valence-electron chi connectivity index (χ1n) is 5.19. The van der Waals surface area contributed by atoms with Crippen molar-refractivity contribution >= 4 is 16.0 Å².